The third kappa shape index (κ3) is 2.54. The molecule has 5 heteroatoms. The van der Waals surface area contributed by atoms with Crippen LogP contribution in [0.3, 0.4) is 0 Å². The van der Waals surface area contributed by atoms with Crippen LogP contribution in [0.15, 0.2) is 18.2 Å². The van der Waals surface area contributed by atoms with E-state index in [1.807, 2.05) is 0 Å². The van der Waals surface area contributed by atoms with Gasteiger partial charge in [-0.25, -0.2) is 4.39 Å². The van der Waals surface area contributed by atoms with Gasteiger partial charge in [-0.05, 0) is 30.5 Å². The molecule has 0 aromatic heterocycles. The number of ketones is 1. The molecule has 18 heavy (non-hydrogen) atoms. The Bertz CT molecular complexity index is 465. The minimum Gasteiger partial charge on any atom is -0.299 e. The van der Waals surface area contributed by atoms with Gasteiger partial charge in [0, 0.05) is 12.3 Å². The third-order valence-electron chi connectivity index (χ3n) is 3.26. The number of carbonyl (C=O) groups excluding carboxylic acids is 1. The van der Waals surface area contributed by atoms with Crippen LogP contribution in [0.5, 0.6) is 0 Å². The van der Waals surface area contributed by atoms with E-state index in [0.29, 0.717) is 24.5 Å². The summed E-state index contributed by atoms with van der Waals surface area (Å²) in [6, 6.07) is 2.77. The minimum absolute atomic E-state index is 0.0135. The zero-order valence-corrected chi connectivity index (χ0v) is 9.56. The van der Waals surface area contributed by atoms with Crippen LogP contribution < -0.4 is 0 Å². The number of rotatable bonds is 1. The summed E-state index contributed by atoms with van der Waals surface area (Å²) < 4.78 is 50.6. The Morgan fingerprint density at radius 3 is 2.44 bits per heavy atom. The predicted octanol–water partition coefficient (Wildman–Crippen LogP) is 4.07. The molecule has 1 unspecified atom stereocenters. The largest absolute Gasteiger partial charge is 0.419 e. The molecule has 98 valence electrons. The molecular formula is C13H12F4O. The second-order valence-electron chi connectivity index (χ2n) is 4.50. The number of alkyl halides is 3. The van der Waals surface area contributed by atoms with Crippen LogP contribution in [0.4, 0.5) is 17.6 Å². The second kappa shape index (κ2) is 4.71. The van der Waals surface area contributed by atoms with Crippen LogP contribution in [-0.2, 0) is 11.0 Å². The summed E-state index contributed by atoms with van der Waals surface area (Å²) >= 11 is 0. The highest BCUT2D eigenvalue weighted by molar-refractivity contribution is 5.86. The summed E-state index contributed by atoms with van der Waals surface area (Å²) in [5.41, 5.74) is -0.931. The lowest BCUT2D eigenvalue weighted by Crippen LogP contribution is -2.18. The van der Waals surface area contributed by atoms with Crippen molar-refractivity contribution in [2.75, 3.05) is 0 Å². The highest BCUT2D eigenvalue weighted by Gasteiger charge is 2.34. The summed E-state index contributed by atoms with van der Waals surface area (Å²) in [4.78, 5) is 11.6. The van der Waals surface area contributed by atoms with Crippen LogP contribution in [-0.4, -0.2) is 5.78 Å². The van der Waals surface area contributed by atoms with Gasteiger partial charge >= 0.3 is 6.18 Å². The lowest BCUT2D eigenvalue weighted by Gasteiger charge is -2.21. The zero-order chi connectivity index (χ0) is 13.3. The fourth-order valence-electron chi connectivity index (χ4n) is 2.31. The fraction of sp³-hybridized carbons (Fsp3) is 0.462. The van der Waals surface area contributed by atoms with Crippen molar-refractivity contribution in [1.82, 2.24) is 0 Å². The van der Waals surface area contributed by atoms with E-state index in [9.17, 15) is 22.4 Å². The van der Waals surface area contributed by atoms with Crippen molar-refractivity contribution in [3.05, 3.63) is 35.1 Å². The molecule has 2 rings (SSSR count). The monoisotopic (exact) mass is 260 g/mol. The quantitative estimate of drug-likeness (QED) is 0.695. The first kappa shape index (κ1) is 13.1. The molecular weight excluding hydrogens is 248 g/mol. The van der Waals surface area contributed by atoms with Crippen molar-refractivity contribution in [3.63, 3.8) is 0 Å². The highest BCUT2D eigenvalue weighted by Crippen LogP contribution is 2.35. The Balaban J connectivity index is 2.31. The van der Waals surface area contributed by atoms with Crippen molar-refractivity contribution >= 4 is 5.78 Å². The minimum atomic E-state index is -4.70. The maximum atomic E-state index is 13.4. The molecule has 0 bridgehead atoms. The van der Waals surface area contributed by atoms with E-state index in [4.69, 9.17) is 0 Å². The Labute approximate surface area is 102 Å². The molecule has 1 aliphatic carbocycles. The van der Waals surface area contributed by atoms with Gasteiger partial charge in [-0.15, -0.1) is 0 Å². The van der Waals surface area contributed by atoms with Crippen molar-refractivity contribution in [3.8, 4) is 0 Å². The average molecular weight is 260 g/mol. The van der Waals surface area contributed by atoms with E-state index in [0.717, 1.165) is 18.9 Å². The van der Waals surface area contributed by atoms with Crippen molar-refractivity contribution in [2.24, 2.45) is 0 Å². The lowest BCUT2D eigenvalue weighted by atomic mass is 9.83. The van der Waals surface area contributed by atoms with Crippen LogP contribution in [0.1, 0.15) is 42.7 Å². The molecule has 0 aliphatic heterocycles. The van der Waals surface area contributed by atoms with Crippen LogP contribution >= 0.6 is 0 Å². The normalized spacial score (nSPS) is 21.1. The lowest BCUT2D eigenvalue weighted by molar-refractivity contribution is -0.140. The van der Waals surface area contributed by atoms with E-state index in [1.165, 1.54) is 6.07 Å². The summed E-state index contributed by atoms with van der Waals surface area (Å²) in [6.45, 7) is 0. The van der Waals surface area contributed by atoms with Crippen molar-refractivity contribution in [1.29, 1.82) is 0 Å². The van der Waals surface area contributed by atoms with Gasteiger partial charge in [0.25, 0.3) is 0 Å². The average Bonchev–Trinajstić information content (AvgIpc) is 2.27. The van der Waals surface area contributed by atoms with Gasteiger partial charge in [0.1, 0.15) is 11.6 Å². The number of hydrogen-bond acceptors (Lipinski definition) is 1. The summed E-state index contributed by atoms with van der Waals surface area (Å²) in [5.74, 6) is -1.77. The molecule has 1 aliphatic rings. The van der Waals surface area contributed by atoms with E-state index >= 15 is 0 Å². The molecule has 0 radical (unpaired) electrons. The van der Waals surface area contributed by atoms with Crippen LogP contribution in [0.2, 0.25) is 0 Å². The van der Waals surface area contributed by atoms with Crippen LogP contribution in [0.25, 0.3) is 0 Å². The Morgan fingerprint density at radius 2 is 1.89 bits per heavy atom. The molecule has 1 aromatic carbocycles. The summed E-state index contributed by atoms with van der Waals surface area (Å²) in [7, 11) is 0. The van der Waals surface area contributed by atoms with Crippen molar-refractivity contribution in [2.45, 2.75) is 37.8 Å². The standard InChI is InChI=1S/C13H12F4O/c14-11-7-8(5-6-10(11)13(15,16)17)9-3-1-2-4-12(9)18/h5-7,9H,1-4H2. The zero-order valence-electron chi connectivity index (χ0n) is 9.56. The molecule has 0 saturated heterocycles. The first-order valence-electron chi connectivity index (χ1n) is 5.79. The van der Waals surface area contributed by atoms with Gasteiger partial charge in [-0.2, -0.15) is 13.2 Å². The second-order valence-corrected chi connectivity index (χ2v) is 4.50. The van der Waals surface area contributed by atoms with Gasteiger partial charge in [-0.1, -0.05) is 12.5 Å². The van der Waals surface area contributed by atoms with Gasteiger partial charge in [-0.3, -0.25) is 4.79 Å². The molecule has 0 heterocycles. The number of halogens is 4. The smallest absolute Gasteiger partial charge is 0.299 e. The third-order valence-corrected chi connectivity index (χ3v) is 3.26. The van der Waals surface area contributed by atoms with Crippen molar-refractivity contribution < 1.29 is 22.4 Å². The molecule has 1 fully saturated rings. The topological polar surface area (TPSA) is 17.1 Å². The van der Waals surface area contributed by atoms with E-state index in [2.05, 4.69) is 0 Å². The van der Waals surface area contributed by atoms with Gasteiger partial charge in [0.15, 0.2) is 0 Å². The number of Topliss-reactive ketones (excluding diaryl/α,β-unsaturated/α-hetero) is 1. The van der Waals surface area contributed by atoms with E-state index < -0.39 is 23.5 Å². The summed E-state index contributed by atoms with van der Waals surface area (Å²) in [5, 5.41) is 0. The molecule has 0 amide bonds. The Hall–Kier alpha value is -1.39. The molecule has 1 nitrogen and oxygen atoms in total. The first-order valence-corrected chi connectivity index (χ1v) is 5.79. The molecule has 0 spiro atoms. The maximum Gasteiger partial charge on any atom is 0.419 e. The Kier molecular flexibility index (Phi) is 3.41. The summed E-state index contributed by atoms with van der Waals surface area (Å²) in [6.07, 6.45) is -2.03. The molecule has 1 atom stereocenters. The number of benzene rings is 1. The molecule has 1 aromatic rings. The number of carbonyl (C=O) groups is 1. The number of hydrogen-bond donors (Lipinski definition) is 0. The predicted molar refractivity (Wildman–Crippen MR) is 57.6 cm³/mol. The molecule has 0 N–H and O–H groups in total. The maximum absolute atomic E-state index is 13.4. The first-order chi connectivity index (χ1) is 8.39. The highest BCUT2D eigenvalue weighted by atomic mass is 19.4. The van der Waals surface area contributed by atoms with E-state index in [1.54, 1.807) is 0 Å². The van der Waals surface area contributed by atoms with Gasteiger partial charge in [0.2, 0.25) is 0 Å². The van der Waals surface area contributed by atoms with Crippen LogP contribution in [0, 0.1) is 5.82 Å². The molecule has 1 saturated carbocycles. The fourth-order valence-corrected chi connectivity index (χ4v) is 2.31. The SMILES string of the molecule is O=C1CCCCC1c1ccc(C(F)(F)F)c(F)c1. The van der Waals surface area contributed by atoms with Gasteiger partial charge < -0.3 is 0 Å². The Morgan fingerprint density at radius 1 is 1.17 bits per heavy atom. The van der Waals surface area contributed by atoms with Gasteiger partial charge in [0.05, 0.1) is 5.56 Å². The van der Waals surface area contributed by atoms with E-state index in [-0.39, 0.29) is 5.78 Å².